The molecule has 0 saturated carbocycles. The highest BCUT2D eigenvalue weighted by atomic mass is 127. The minimum atomic E-state index is -0.212. The Morgan fingerprint density at radius 3 is 2.35 bits per heavy atom. The molecule has 122 valence electrons. The van der Waals surface area contributed by atoms with E-state index < -0.39 is 0 Å². The molecule has 2 aromatic carbocycles. The van der Waals surface area contributed by atoms with Gasteiger partial charge in [0.25, 0.3) is 0 Å². The van der Waals surface area contributed by atoms with Gasteiger partial charge in [-0.05, 0) is 49.2 Å². The molecular formula is C17H21IN4O. The SMILES string of the molecule is Cc1ccc(NC(N)=NCC(=O)Nc2ccccc2)cc1C.I. The molecule has 5 nitrogen and oxygen atoms in total. The van der Waals surface area contributed by atoms with Crippen LogP contribution in [0.4, 0.5) is 11.4 Å². The van der Waals surface area contributed by atoms with E-state index >= 15 is 0 Å². The summed E-state index contributed by atoms with van der Waals surface area (Å²) in [5.74, 6) is 0.00232. The lowest BCUT2D eigenvalue weighted by molar-refractivity contribution is -0.114. The fourth-order valence-corrected chi connectivity index (χ4v) is 1.89. The molecule has 0 radical (unpaired) electrons. The molecule has 6 heteroatoms. The number of amides is 1. The number of nitrogens with one attached hydrogen (secondary N) is 2. The maximum Gasteiger partial charge on any atom is 0.246 e. The Labute approximate surface area is 153 Å². The average Bonchev–Trinajstić information content (AvgIpc) is 2.50. The van der Waals surface area contributed by atoms with E-state index in [-0.39, 0.29) is 42.4 Å². The molecule has 0 heterocycles. The average molecular weight is 424 g/mol. The normalized spacial score (nSPS) is 10.6. The highest BCUT2D eigenvalue weighted by Gasteiger charge is 2.02. The fraction of sp³-hybridized carbons (Fsp3) is 0.176. The highest BCUT2D eigenvalue weighted by molar-refractivity contribution is 14.0. The van der Waals surface area contributed by atoms with Gasteiger partial charge in [-0.15, -0.1) is 24.0 Å². The van der Waals surface area contributed by atoms with E-state index in [1.165, 1.54) is 11.1 Å². The molecule has 23 heavy (non-hydrogen) atoms. The number of benzene rings is 2. The number of hydrogen-bond acceptors (Lipinski definition) is 2. The van der Waals surface area contributed by atoms with Crippen LogP contribution < -0.4 is 16.4 Å². The molecule has 0 aliphatic rings. The van der Waals surface area contributed by atoms with Crippen molar-refractivity contribution in [2.75, 3.05) is 17.2 Å². The summed E-state index contributed by atoms with van der Waals surface area (Å²) in [5.41, 5.74) is 9.77. The number of hydrogen-bond donors (Lipinski definition) is 3. The van der Waals surface area contributed by atoms with Crippen molar-refractivity contribution in [3.8, 4) is 0 Å². The summed E-state index contributed by atoms with van der Waals surface area (Å²) in [6, 6.07) is 15.2. The predicted molar refractivity (Wildman–Crippen MR) is 107 cm³/mol. The Bertz CT molecular complexity index is 686. The van der Waals surface area contributed by atoms with Crippen LogP contribution in [-0.2, 0) is 4.79 Å². The molecular weight excluding hydrogens is 403 g/mol. The van der Waals surface area contributed by atoms with E-state index in [9.17, 15) is 4.79 Å². The van der Waals surface area contributed by atoms with Gasteiger partial charge in [-0.25, -0.2) is 4.99 Å². The summed E-state index contributed by atoms with van der Waals surface area (Å²) in [6.45, 7) is 4.05. The first-order valence-electron chi connectivity index (χ1n) is 7.03. The van der Waals surface area contributed by atoms with Gasteiger partial charge in [-0.1, -0.05) is 24.3 Å². The molecule has 0 aliphatic carbocycles. The number of anilines is 2. The Balaban J connectivity index is 0.00000264. The lowest BCUT2D eigenvalue weighted by Crippen LogP contribution is -2.25. The maximum absolute atomic E-state index is 11.8. The topological polar surface area (TPSA) is 79.5 Å². The molecule has 1 amide bonds. The van der Waals surface area contributed by atoms with Gasteiger partial charge < -0.3 is 16.4 Å². The zero-order chi connectivity index (χ0) is 15.9. The summed E-state index contributed by atoms with van der Waals surface area (Å²) >= 11 is 0. The van der Waals surface area contributed by atoms with E-state index in [1.807, 2.05) is 62.4 Å². The third kappa shape index (κ3) is 6.27. The van der Waals surface area contributed by atoms with Gasteiger partial charge in [0, 0.05) is 11.4 Å². The first-order valence-corrected chi connectivity index (χ1v) is 7.03. The van der Waals surface area contributed by atoms with Crippen LogP contribution in [0.1, 0.15) is 11.1 Å². The quantitative estimate of drug-likeness (QED) is 0.401. The van der Waals surface area contributed by atoms with Crippen molar-refractivity contribution in [1.29, 1.82) is 0 Å². The molecule has 0 saturated heterocycles. The van der Waals surface area contributed by atoms with Crippen molar-refractivity contribution < 1.29 is 4.79 Å². The van der Waals surface area contributed by atoms with Gasteiger partial charge in [0.2, 0.25) is 5.91 Å². The number of rotatable bonds is 4. The summed E-state index contributed by atoms with van der Waals surface area (Å²) in [4.78, 5) is 15.8. The number of carbonyl (C=O) groups excluding carboxylic acids is 1. The number of guanidine groups is 1. The van der Waals surface area contributed by atoms with Crippen LogP contribution in [0.2, 0.25) is 0 Å². The fourth-order valence-electron chi connectivity index (χ4n) is 1.89. The lowest BCUT2D eigenvalue weighted by atomic mass is 10.1. The first-order chi connectivity index (χ1) is 10.5. The monoisotopic (exact) mass is 424 g/mol. The van der Waals surface area contributed by atoms with Gasteiger partial charge in [0.15, 0.2) is 5.96 Å². The highest BCUT2D eigenvalue weighted by Crippen LogP contribution is 2.13. The Hall–Kier alpha value is -2.09. The predicted octanol–water partition coefficient (Wildman–Crippen LogP) is 3.29. The first kappa shape index (κ1) is 19.0. The number of para-hydroxylation sites is 1. The van der Waals surface area contributed by atoms with Gasteiger partial charge in [-0.3, -0.25) is 4.79 Å². The molecule has 4 N–H and O–H groups in total. The molecule has 0 spiro atoms. The van der Waals surface area contributed by atoms with E-state index in [4.69, 9.17) is 5.73 Å². The Kier molecular flexibility index (Phi) is 7.53. The Morgan fingerprint density at radius 1 is 1.00 bits per heavy atom. The van der Waals surface area contributed by atoms with Gasteiger partial charge in [0.1, 0.15) is 6.54 Å². The van der Waals surface area contributed by atoms with Gasteiger partial charge in [-0.2, -0.15) is 0 Å². The smallest absolute Gasteiger partial charge is 0.246 e. The number of carbonyl (C=O) groups is 1. The zero-order valence-electron chi connectivity index (χ0n) is 13.2. The molecule has 0 atom stereocenters. The molecule has 0 unspecified atom stereocenters. The van der Waals surface area contributed by atoms with Gasteiger partial charge in [0.05, 0.1) is 0 Å². The Morgan fingerprint density at radius 2 is 1.70 bits per heavy atom. The summed E-state index contributed by atoms with van der Waals surface area (Å²) in [7, 11) is 0. The van der Waals surface area contributed by atoms with E-state index in [1.54, 1.807) is 0 Å². The summed E-state index contributed by atoms with van der Waals surface area (Å²) in [5, 5.41) is 5.73. The molecule has 2 aromatic rings. The maximum atomic E-state index is 11.8. The molecule has 0 aliphatic heterocycles. The molecule has 0 fully saturated rings. The van der Waals surface area contributed by atoms with Crippen molar-refractivity contribution in [2.24, 2.45) is 10.7 Å². The standard InChI is InChI=1S/C17H20N4O.HI/c1-12-8-9-15(10-13(12)2)21-17(18)19-11-16(22)20-14-6-4-3-5-7-14;/h3-10H,11H2,1-2H3,(H,20,22)(H3,18,19,21);1H. The van der Waals surface area contributed by atoms with Crippen LogP contribution in [0, 0.1) is 13.8 Å². The lowest BCUT2D eigenvalue weighted by Gasteiger charge is -2.08. The van der Waals surface area contributed by atoms with E-state index in [0.717, 1.165) is 11.4 Å². The minimum absolute atomic E-state index is 0. The second kappa shape index (κ2) is 9.14. The second-order valence-corrected chi connectivity index (χ2v) is 5.04. The zero-order valence-corrected chi connectivity index (χ0v) is 15.5. The van der Waals surface area contributed by atoms with Gasteiger partial charge >= 0.3 is 0 Å². The number of halogens is 1. The molecule has 0 bridgehead atoms. The molecule has 0 aromatic heterocycles. The van der Waals surface area contributed by atoms with Crippen molar-refractivity contribution in [3.63, 3.8) is 0 Å². The van der Waals surface area contributed by atoms with Crippen LogP contribution >= 0.6 is 24.0 Å². The number of aryl methyl sites for hydroxylation is 2. The van der Waals surface area contributed by atoms with Crippen LogP contribution in [0.3, 0.4) is 0 Å². The summed E-state index contributed by atoms with van der Waals surface area (Å²) < 4.78 is 0. The third-order valence-electron chi connectivity index (χ3n) is 3.23. The van der Waals surface area contributed by atoms with Crippen LogP contribution in [0.5, 0.6) is 0 Å². The minimum Gasteiger partial charge on any atom is -0.370 e. The molecule has 2 rings (SSSR count). The van der Waals surface area contributed by atoms with Crippen molar-refractivity contribution >= 4 is 47.2 Å². The van der Waals surface area contributed by atoms with Crippen LogP contribution in [0.15, 0.2) is 53.5 Å². The number of aliphatic imine (C=N–C) groups is 1. The van der Waals surface area contributed by atoms with Crippen LogP contribution in [0.25, 0.3) is 0 Å². The third-order valence-corrected chi connectivity index (χ3v) is 3.23. The van der Waals surface area contributed by atoms with Crippen molar-refractivity contribution in [3.05, 3.63) is 59.7 Å². The van der Waals surface area contributed by atoms with Crippen LogP contribution in [-0.4, -0.2) is 18.4 Å². The van der Waals surface area contributed by atoms with Crippen molar-refractivity contribution in [1.82, 2.24) is 0 Å². The summed E-state index contributed by atoms with van der Waals surface area (Å²) in [6.07, 6.45) is 0. The van der Waals surface area contributed by atoms with Crippen molar-refractivity contribution in [2.45, 2.75) is 13.8 Å². The van der Waals surface area contributed by atoms with E-state index in [0.29, 0.717) is 0 Å². The van der Waals surface area contributed by atoms with E-state index in [2.05, 4.69) is 15.6 Å². The number of nitrogens with zero attached hydrogens (tertiary/aromatic N) is 1. The largest absolute Gasteiger partial charge is 0.370 e. The second-order valence-electron chi connectivity index (χ2n) is 5.04. The number of nitrogens with two attached hydrogens (primary N) is 1.